The summed E-state index contributed by atoms with van der Waals surface area (Å²) in [6.07, 6.45) is 0.136. The summed E-state index contributed by atoms with van der Waals surface area (Å²) in [5.74, 6) is 0.756. The first kappa shape index (κ1) is 17.8. The normalized spacial score (nSPS) is 11.7. The molecule has 0 saturated carbocycles. The second kappa shape index (κ2) is 8.92. The maximum atomic E-state index is 10.2. The molecule has 4 nitrogen and oxygen atoms in total. The topological polar surface area (TPSA) is 67.5 Å². The highest BCUT2D eigenvalue weighted by Gasteiger charge is 2.09. The highest BCUT2D eigenvalue weighted by Crippen LogP contribution is 2.22. The number of anilines is 2. The fourth-order valence-corrected chi connectivity index (χ4v) is 2.74. The molecule has 26 heavy (non-hydrogen) atoms. The molecule has 0 spiro atoms. The molecule has 0 aliphatic rings. The molecule has 0 heterocycles. The van der Waals surface area contributed by atoms with Gasteiger partial charge in [-0.3, -0.25) is 0 Å². The summed E-state index contributed by atoms with van der Waals surface area (Å²) < 4.78 is 5.59. The summed E-state index contributed by atoms with van der Waals surface area (Å²) in [6.45, 7) is 0.652. The number of nitrogen functional groups attached to an aromatic ring is 1. The number of nitrogens with one attached hydrogen (secondary N) is 1. The Balaban J connectivity index is 1.57. The average Bonchev–Trinajstić information content (AvgIpc) is 2.68. The minimum Gasteiger partial charge on any atom is -0.491 e. The lowest BCUT2D eigenvalue weighted by atomic mass is 10.0. The first-order valence-electron chi connectivity index (χ1n) is 8.73. The van der Waals surface area contributed by atoms with Gasteiger partial charge in [0, 0.05) is 24.3 Å². The largest absolute Gasteiger partial charge is 0.491 e. The molecule has 3 rings (SSSR count). The molecule has 1 unspecified atom stereocenters. The fourth-order valence-electron chi connectivity index (χ4n) is 2.74. The van der Waals surface area contributed by atoms with Gasteiger partial charge in [-0.1, -0.05) is 54.6 Å². The monoisotopic (exact) mass is 348 g/mol. The Labute approximate surface area is 154 Å². The van der Waals surface area contributed by atoms with Crippen LogP contribution in [-0.4, -0.2) is 24.4 Å². The van der Waals surface area contributed by atoms with Crippen LogP contribution in [0.2, 0.25) is 0 Å². The lowest BCUT2D eigenvalue weighted by molar-refractivity contribution is 0.117. The van der Waals surface area contributed by atoms with Crippen molar-refractivity contribution in [3.63, 3.8) is 0 Å². The summed E-state index contributed by atoms with van der Waals surface area (Å²) in [6, 6.07) is 25.4. The van der Waals surface area contributed by atoms with Crippen LogP contribution < -0.4 is 15.8 Å². The number of hydrogen-bond donors (Lipinski definition) is 3. The number of rotatable bonds is 8. The van der Waals surface area contributed by atoms with Gasteiger partial charge in [-0.2, -0.15) is 0 Å². The number of para-hydroxylation sites is 3. The minimum atomic E-state index is -0.606. The summed E-state index contributed by atoms with van der Waals surface area (Å²) in [7, 11) is 0. The Kier molecular flexibility index (Phi) is 6.12. The van der Waals surface area contributed by atoms with Gasteiger partial charge in [0.2, 0.25) is 0 Å². The van der Waals surface area contributed by atoms with Gasteiger partial charge in [0.05, 0.1) is 0 Å². The minimum absolute atomic E-state index is 0.241. The first-order chi connectivity index (χ1) is 12.7. The van der Waals surface area contributed by atoms with Gasteiger partial charge in [-0.05, 0) is 35.4 Å². The molecular formula is C22H24N2O2. The van der Waals surface area contributed by atoms with Crippen molar-refractivity contribution in [1.29, 1.82) is 0 Å². The SMILES string of the molecule is Nc1ccccc1Cc1ccccc1NCC(O)COc1ccccc1. The quantitative estimate of drug-likeness (QED) is 0.543. The van der Waals surface area contributed by atoms with Crippen molar-refractivity contribution >= 4 is 11.4 Å². The van der Waals surface area contributed by atoms with Crippen LogP contribution in [0.4, 0.5) is 11.4 Å². The molecule has 4 heteroatoms. The third-order valence-corrected chi connectivity index (χ3v) is 4.17. The third kappa shape index (κ3) is 5.01. The molecule has 0 aliphatic heterocycles. The number of aliphatic hydroxyl groups excluding tert-OH is 1. The molecule has 0 fully saturated rings. The molecule has 3 aromatic carbocycles. The maximum Gasteiger partial charge on any atom is 0.119 e. The van der Waals surface area contributed by atoms with E-state index in [-0.39, 0.29) is 6.61 Å². The van der Waals surface area contributed by atoms with Crippen LogP contribution in [0, 0.1) is 0 Å². The Bertz CT molecular complexity index is 821. The number of aliphatic hydroxyl groups is 1. The van der Waals surface area contributed by atoms with E-state index in [0.717, 1.165) is 34.7 Å². The lowest BCUT2D eigenvalue weighted by Crippen LogP contribution is -2.26. The van der Waals surface area contributed by atoms with Crippen LogP contribution >= 0.6 is 0 Å². The zero-order valence-corrected chi connectivity index (χ0v) is 14.6. The predicted octanol–water partition coefficient (Wildman–Crippen LogP) is 3.71. The van der Waals surface area contributed by atoms with Crippen LogP contribution in [0.5, 0.6) is 5.75 Å². The highest BCUT2D eigenvalue weighted by atomic mass is 16.5. The first-order valence-corrected chi connectivity index (χ1v) is 8.73. The lowest BCUT2D eigenvalue weighted by Gasteiger charge is -2.16. The van der Waals surface area contributed by atoms with E-state index < -0.39 is 6.10 Å². The molecule has 1 atom stereocenters. The summed E-state index contributed by atoms with van der Waals surface area (Å²) in [4.78, 5) is 0. The standard InChI is InChI=1S/C22H24N2O2/c23-21-12-6-4-8-17(21)14-18-9-5-7-13-22(18)24-15-19(25)16-26-20-10-2-1-3-11-20/h1-13,19,24-25H,14-16,23H2. The van der Waals surface area contributed by atoms with Crippen molar-refractivity contribution in [1.82, 2.24) is 0 Å². The fraction of sp³-hybridized carbons (Fsp3) is 0.182. The Morgan fingerprint density at radius 2 is 1.50 bits per heavy atom. The van der Waals surface area contributed by atoms with Gasteiger partial charge in [0.15, 0.2) is 0 Å². The van der Waals surface area contributed by atoms with Crippen molar-refractivity contribution < 1.29 is 9.84 Å². The molecule has 0 aromatic heterocycles. The van der Waals surface area contributed by atoms with E-state index in [2.05, 4.69) is 11.4 Å². The smallest absolute Gasteiger partial charge is 0.119 e. The third-order valence-electron chi connectivity index (χ3n) is 4.17. The maximum absolute atomic E-state index is 10.2. The van der Waals surface area contributed by atoms with Gasteiger partial charge in [-0.15, -0.1) is 0 Å². The predicted molar refractivity (Wildman–Crippen MR) is 107 cm³/mol. The van der Waals surface area contributed by atoms with Gasteiger partial charge < -0.3 is 20.9 Å². The molecule has 0 radical (unpaired) electrons. The van der Waals surface area contributed by atoms with E-state index in [1.807, 2.05) is 72.8 Å². The molecular weight excluding hydrogens is 324 g/mol. The molecule has 0 aliphatic carbocycles. The van der Waals surface area contributed by atoms with Gasteiger partial charge in [-0.25, -0.2) is 0 Å². The van der Waals surface area contributed by atoms with Gasteiger partial charge in [0.25, 0.3) is 0 Å². The van der Waals surface area contributed by atoms with Crippen LogP contribution in [0.3, 0.4) is 0 Å². The van der Waals surface area contributed by atoms with Crippen molar-refractivity contribution in [3.05, 3.63) is 90.0 Å². The number of benzene rings is 3. The molecule has 134 valence electrons. The second-order valence-electron chi connectivity index (χ2n) is 6.19. The average molecular weight is 348 g/mol. The Morgan fingerprint density at radius 3 is 2.27 bits per heavy atom. The molecule has 0 bridgehead atoms. The van der Waals surface area contributed by atoms with Gasteiger partial charge >= 0.3 is 0 Å². The van der Waals surface area contributed by atoms with Crippen molar-refractivity contribution in [3.8, 4) is 5.75 Å². The van der Waals surface area contributed by atoms with Crippen LogP contribution in [0.1, 0.15) is 11.1 Å². The van der Waals surface area contributed by atoms with E-state index in [0.29, 0.717) is 6.54 Å². The van der Waals surface area contributed by atoms with Crippen LogP contribution in [0.25, 0.3) is 0 Å². The molecule has 0 saturated heterocycles. The highest BCUT2D eigenvalue weighted by molar-refractivity contribution is 5.56. The van der Waals surface area contributed by atoms with E-state index in [9.17, 15) is 5.11 Å². The van der Waals surface area contributed by atoms with Crippen LogP contribution in [-0.2, 0) is 6.42 Å². The zero-order valence-electron chi connectivity index (χ0n) is 14.6. The molecule has 3 aromatic rings. The Hall–Kier alpha value is -2.98. The van der Waals surface area contributed by atoms with Gasteiger partial charge in [0.1, 0.15) is 18.5 Å². The van der Waals surface area contributed by atoms with E-state index in [4.69, 9.17) is 10.5 Å². The number of hydrogen-bond acceptors (Lipinski definition) is 4. The Morgan fingerprint density at radius 1 is 0.846 bits per heavy atom. The van der Waals surface area contributed by atoms with E-state index in [1.165, 1.54) is 0 Å². The van der Waals surface area contributed by atoms with Crippen molar-refractivity contribution in [2.75, 3.05) is 24.2 Å². The summed E-state index contributed by atoms with van der Waals surface area (Å²) in [5, 5.41) is 13.5. The van der Waals surface area contributed by atoms with Crippen molar-refractivity contribution in [2.24, 2.45) is 0 Å². The zero-order chi connectivity index (χ0) is 18.2. The molecule has 0 amide bonds. The van der Waals surface area contributed by atoms with E-state index >= 15 is 0 Å². The second-order valence-corrected chi connectivity index (χ2v) is 6.19. The van der Waals surface area contributed by atoms with Crippen molar-refractivity contribution in [2.45, 2.75) is 12.5 Å². The van der Waals surface area contributed by atoms with Crippen LogP contribution in [0.15, 0.2) is 78.9 Å². The van der Waals surface area contributed by atoms with E-state index in [1.54, 1.807) is 0 Å². The summed E-state index contributed by atoms with van der Waals surface area (Å²) >= 11 is 0. The summed E-state index contributed by atoms with van der Waals surface area (Å²) in [5.41, 5.74) is 10.1. The number of ether oxygens (including phenoxy) is 1. The molecule has 4 N–H and O–H groups in total. The number of nitrogens with two attached hydrogens (primary N) is 1.